The highest BCUT2D eigenvalue weighted by atomic mass is 16.7. The first-order chi connectivity index (χ1) is 7.29. The van der Waals surface area contributed by atoms with Crippen LogP contribution in [-0.4, -0.2) is 30.0 Å². The van der Waals surface area contributed by atoms with Crippen LogP contribution < -0.4 is 5.16 Å². The van der Waals surface area contributed by atoms with Crippen LogP contribution in [0.15, 0.2) is 24.3 Å². The van der Waals surface area contributed by atoms with Crippen LogP contribution in [0.1, 0.15) is 10.4 Å². The van der Waals surface area contributed by atoms with Gasteiger partial charge in [-0.25, -0.2) is 0 Å². The second-order valence-electron chi connectivity index (χ2n) is 2.97. The fourth-order valence-electron chi connectivity index (χ4n) is 1.23. The maximum Gasteiger partial charge on any atom is 0.458 e. The van der Waals surface area contributed by atoms with E-state index in [4.69, 9.17) is 9.57 Å². The van der Waals surface area contributed by atoms with E-state index in [-0.39, 0.29) is 17.2 Å². The van der Waals surface area contributed by atoms with E-state index in [9.17, 15) is 9.90 Å². The van der Waals surface area contributed by atoms with Crippen molar-refractivity contribution in [3.05, 3.63) is 29.8 Å². The van der Waals surface area contributed by atoms with Crippen molar-refractivity contribution in [1.82, 2.24) is 0 Å². The minimum absolute atomic E-state index is 0.00255. The van der Waals surface area contributed by atoms with E-state index in [1.165, 1.54) is 12.1 Å². The average Bonchev–Trinajstić information content (AvgIpc) is 2.30. The molecule has 5 nitrogen and oxygen atoms in total. The Hall–Kier alpha value is -2.04. The maximum atomic E-state index is 11.8. The highest BCUT2D eigenvalue weighted by molar-refractivity contribution is 6.41. The molecule has 0 aromatic heterocycles. The zero-order chi connectivity index (χ0) is 10.7. The van der Waals surface area contributed by atoms with Crippen LogP contribution in [0.2, 0.25) is 0 Å². The molecule has 1 aromatic rings. The number of Topliss-reactive ketones (excluding diaryl/α,β-unsaturated/α-hetero) is 1. The van der Waals surface area contributed by atoms with Crippen LogP contribution in [0.25, 0.3) is 0 Å². The minimum Gasteiger partial charge on any atom is -0.507 e. The molecule has 0 aliphatic carbocycles. The van der Waals surface area contributed by atoms with Crippen LogP contribution in [0, 0.1) is 0 Å². The molecule has 0 bridgehead atoms. The van der Waals surface area contributed by atoms with E-state index in [1.54, 1.807) is 12.1 Å². The second kappa shape index (κ2) is 4.00. The Kier molecular flexibility index (Phi) is 2.53. The Morgan fingerprint density at radius 1 is 1.33 bits per heavy atom. The quantitative estimate of drug-likeness (QED) is 0.613. The smallest absolute Gasteiger partial charge is 0.458 e. The monoisotopic (exact) mass is 208 g/mol. The normalized spacial score (nSPS) is 14.8. The number of carbonyl (C=O) groups is 1. The molecule has 0 unspecified atom stereocenters. The van der Waals surface area contributed by atoms with Crippen LogP contribution in [0.4, 0.5) is 0 Å². The van der Waals surface area contributed by atoms with Gasteiger partial charge in [-0.15, -0.1) is 0 Å². The molecule has 0 saturated heterocycles. The van der Waals surface area contributed by atoms with Gasteiger partial charge in [0.2, 0.25) is 0 Å². The molecule has 0 radical (unpaired) electrons. The van der Waals surface area contributed by atoms with Crippen LogP contribution in [0.3, 0.4) is 0 Å². The molecular formula is C10H10NO4+. The van der Waals surface area contributed by atoms with Crippen molar-refractivity contribution in [2.45, 2.75) is 0 Å². The third kappa shape index (κ3) is 1.90. The van der Waals surface area contributed by atoms with E-state index in [0.717, 1.165) is 0 Å². The highest BCUT2D eigenvalue weighted by Crippen LogP contribution is 2.16. The maximum absolute atomic E-state index is 11.8. The van der Waals surface area contributed by atoms with Crippen molar-refractivity contribution in [2.75, 3.05) is 13.2 Å². The van der Waals surface area contributed by atoms with Crippen LogP contribution in [-0.2, 0) is 9.57 Å². The number of benzene rings is 1. The first-order valence-electron chi connectivity index (χ1n) is 4.49. The van der Waals surface area contributed by atoms with Crippen molar-refractivity contribution in [1.29, 1.82) is 0 Å². The van der Waals surface area contributed by atoms with Crippen molar-refractivity contribution in [2.24, 2.45) is 0 Å². The Bertz CT molecular complexity index is 414. The topological polar surface area (TPSA) is 69.7 Å². The molecule has 1 aliphatic heterocycles. The molecule has 2 N–H and O–H groups in total. The number of para-hydroxylation sites is 1. The Labute approximate surface area is 85.9 Å². The van der Waals surface area contributed by atoms with Gasteiger partial charge in [-0.05, 0) is 12.1 Å². The first-order valence-corrected chi connectivity index (χ1v) is 4.49. The predicted molar refractivity (Wildman–Crippen MR) is 50.3 cm³/mol. The largest absolute Gasteiger partial charge is 0.507 e. The molecule has 2 rings (SSSR count). The summed E-state index contributed by atoms with van der Waals surface area (Å²) in [5.41, 5.74) is 0.186. The van der Waals surface area contributed by atoms with Crippen molar-refractivity contribution in [3.8, 4) is 5.75 Å². The number of ether oxygens (including phenoxy) is 1. The lowest BCUT2D eigenvalue weighted by Gasteiger charge is -2.06. The second-order valence-corrected chi connectivity index (χ2v) is 2.97. The first kappa shape index (κ1) is 9.51. The molecule has 0 saturated carbocycles. The molecule has 78 valence electrons. The summed E-state index contributed by atoms with van der Waals surface area (Å²) in [6.07, 6.45) is 0. The number of nitrogens with one attached hydrogen (secondary N) is 1. The molecule has 1 aliphatic rings. The summed E-state index contributed by atoms with van der Waals surface area (Å²) in [4.78, 5) is 16.6. The van der Waals surface area contributed by atoms with Gasteiger partial charge in [0, 0.05) is 5.16 Å². The molecule has 1 aromatic carbocycles. The standard InChI is InChI=1S/C10H9NO4/c12-8-4-2-1-3-7(8)9(13)10-11-15-6-5-14-10/h1-4,12H,5-6H2/p+1. The van der Waals surface area contributed by atoms with E-state index in [0.29, 0.717) is 13.2 Å². The lowest BCUT2D eigenvalue weighted by atomic mass is 10.1. The van der Waals surface area contributed by atoms with Gasteiger partial charge in [-0.2, -0.15) is 0 Å². The van der Waals surface area contributed by atoms with Gasteiger partial charge < -0.3 is 9.84 Å². The molecule has 0 amide bonds. The third-order valence-electron chi connectivity index (χ3n) is 1.95. The van der Waals surface area contributed by atoms with Gasteiger partial charge in [-0.1, -0.05) is 12.1 Å². The Morgan fingerprint density at radius 2 is 2.13 bits per heavy atom. The number of hydrogen-bond donors (Lipinski definition) is 2. The predicted octanol–water partition coefficient (Wildman–Crippen LogP) is -0.984. The fourth-order valence-corrected chi connectivity index (χ4v) is 1.23. The minimum atomic E-state index is -0.423. The number of aromatic hydroxyl groups is 1. The third-order valence-corrected chi connectivity index (χ3v) is 1.95. The number of ketones is 1. The summed E-state index contributed by atoms with van der Waals surface area (Å²) < 4.78 is 5.07. The molecule has 0 atom stereocenters. The van der Waals surface area contributed by atoms with E-state index in [1.807, 2.05) is 0 Å². The molecule has 15 heavy (non-hydrogen) atoms. The van der Waals surface area contributed by atoms with Crippen molar-refractivity contribution in [3.63, 3.8) is 0 Å². The van der Waals surface area contributed by atoms with Gasteiger partial charge in [0.25, 0.3) is 0 Å². The molecule has 1 heterocycles. The summed E-state index contributed by atoms with van der Waals surface area (Å²) in [7, 11) is 0. The van der Waals surface area contributed by atoms with E-state index >= 15 is 0 Å². The van der Waals surface area contributed by atoms with Gasteiger partial charge in [0.15, 0.2) is 6.61 Å². The molecule has 0 spiro atoms. The number of phenolic OH excluding ortho intramolecular Hbond substituents is 1. The van der Waals surface area contributed by atoms with Crippen LogP contribution >= 0.6 is 0 Å². The lowest BCUT2D eigenvalue weighted by molar-refractivity contribution is -0.764. The zero-order valence-electron chi connectivity index (χ0n) is 7.90. The van der Waals surface area contributed by atoms with Gasteiger partial charge >= 0.3 is 11.7 Å². The van der Waals surface area contributed by atoms with Crippen molar-refractivity contribution < 1.29 is 24.6 Å². The number of rotatable bonds is 2. The summed E-state index contributed by atoms with van der Waals surface area (Å²) in [6.45, 7) is 0.708. The number of phenols is 1. The Morgan fingerprint density at radius 3 is 2.80 bits per heavy atom. The summed E-state index contributed by atoms with van der Waals surface area (Å²) >= 11 is 0. The molecular weight excluding hydrogens is 198 g/mol. The average molecular weight is 208 g/mol. The fraction of sp³-hybridized carbons (Fsp3) is 0.200. The summed E-state index contributed by atoms with van der Waals surface area (Å²) in [5, 5.41) is 11.8. The summed E-state index contributed by atoms with van der Waals surface area (Å²) in [6, 6.07) is 6.27. The van der Waals surface area contributed by atoms with Crippen LogP contribution in [0.5, 0.6) is 5.75 Å². The molecule has 5 heteroatoms. The van der Waals surface area contributed by atoms with E-state index in [2.05, 4.69) is 5.16 Å². The van der Waals surface area contributed by atoms with Crippen molar-refractivity contribution >= 4 is 11.7 Å². The summed E-state index contributed by atoms with van der Waals surface area (Å²) in [5.74, 6) is -0.499. The van der Waals surface area contributed by atoms with Gasteiger partial charge in [0.05, 0.1) is 5.56 Å². The molecule has 0 fully saturated rings. The SMILES string of the molecule is O=C(C1=[NH+]OCCO1)c1ccccc1O. The Balaban J connectivity index is 2.28. The van der Waals surface area contributed by atoms with Gasteiger partial charge in [0.1, 0.15) is 12.4 Å². The highest BCUT2D eigenvalue weighted by Gasteiger charge is 2.27. The zero-order valence-corrected chi connectivity index (χ0v) is 7.90. The van der Waals surface area contributed by atoms with Gasteiger partial charge in [-0.3, -0.25) is 9.63 Å². The van der Waals surface area contributed by atoms with E-state index < -0.39 is 5.78 Å². The number of hydrogen-bond acceptors (Lipinski definition) is 4. The number of carbonyl (C=O) groups excluding carboxylic acids is 1. The lowest BCUT2D eigenvalue weighted by Crippen LogP contribution is -2.76.